The summed E-state index contributed by atoms with van der Waals surface area (Å²) >= 11 is 7.46. The molecule has 0 aliphatic heterocycles. The van der Waals surface area contributed by atoms with E-state index in [-0.39, 0.29) is 22.7 Å². The number of nitro benzene ring substituents is 1. The Kier molecular flexibility index (Phi) is 5.75. The zero-order valence-corrected chi connectivity index (χ0v) is 15.1. The van der Waals surface area contributed by atoms with Crippen LogP contribution >= 0.6 is 22.9 Å². The first-order valence-electron chi connectivity index (χ1n) is 7.27. The minimum Gasteiger partial charge on any atom is -0.346 e. The predicted octanol–water partition coefficient (Wildman–Crippen LogP) is 4.82. The molecule has 126 valence electrons. The van der Waals surface area contributed by atoms with Crippen molar-refractivity contribution in [1.82, 2.24) is 5.32 Å². The van der Waals surface area contributed by atoms with Crippen molar-refractivity contribution in [1.29, 1.82) is 0 Å². The van der Waals surface area contributed by atoms with Crippen LogP contribution in [0, 0.1) is 24.0 Å². The lowest BCUT2D eigenvalue weighted by molar-refractivity contribution is -0.384. The van der Waals surface area contributed by atoms with Gasteiger partial charge in [-0.05, 0) is 50.1 Å². The van der Waals surface area contributed by atoms with Gasteiger partial charge in [0.15, 0.2) is 0 Å². The van der Waals surface area contributed by atoms with Crippen molar-refractivity contribution >= 4 is 40.6 Å². The van der Waals surface area contributed by atoms with E-state index in [9.17, 15) is 14.9 Å². The number of nitro groups is 1. The molecule has 5 nitrogen and oxygen atoms in total. The summed E-state index contributed by atoms with van der Waals surface area (Å²) in [5, 5.41) is 13.8. The molecule has 1 unspecified atom stereocenters. The van der Waals surface area contributed by atoms with E-state index in [1.165, 1.54) is 34.0 Å². The number of hydrogen-bond donors (Lipinski definition) is 1. The molecule has 0 aliphatic rings. The van der Waals surface area contributed by atoms with Crippen LogP contribution in [0.15, 0.2) is 30.3 Å². The summed E-state index contributed by atoms with van der Waals surface area (Å²) in [7, 11) is 0. The number of halogens is 1. The molecule has 2 rings (SSSR count). The van der Waals surface area contributed by atoms with Crippen LogP contribution in [0.2, 0.25) is 5.02 Å². The van der Waals surface area contributed by atoms with Gasteiger partial charge in [0.05, 0.1) is 11.0 Å². The number of rotatable bonds is 5. The summed E-state index contributed by atoms with van der Waals surface area (Å²) in [5.41, 5.74) is 1.45. The maximum atomic E-state index is 12.0. The third kappa shape index (κ3) is 4.43. The topological polar surface area (TPSA) is 72.2 Å². The number of carbonyl (C=O) groups is 1. The fourth-order valence-corrected chi connectivity index (χ4v) is 3.57. The van der Waals surface area contributed by atoms with Crippen LogP contribution in [0.25, 0.3) is 6.08 Å². The maximum absolute atomic E-state index is 12.0. The lowest BCUT2D eigenvalue weighted by Crippen LogP contribution is -2.24. The van der Waals surface area contributed by atoms with Crippen LogP contribution < -0.4 is 5.32 Å². The Morgan fingerprint density at radius 3 is 2.67 bits per heavy atom. The third-order valence-electron chi connectivity index (χ3n) is 3.50. The Labute approximate surface area is 149 Å². The Morgan fingerprint density at radius 1 is 1.38 bits per heavy atom. The highest BCUT2D eigenvalue weighted by atomic mass is 35.5. The van der Waals surface area contributed by atoms with Crippen LogP contribution in [-0.2, 0) is 4.79 Å². The molecule has 0 saturated carbocycles. The van der Waals surface area contributed by atoms with E-state index in [0.717, 1.165) is 5.56 Å². The second-order valence-electron chi connectivity index (χ2n) is 5.40. The summed E-state index contributed by atoms with van der Waals surface area (Å²) in [6, 6.07) is 6.36. The highest BCUT2D eigenvalue weighted by Crippen LogP contribution is 2.27. The van der Waals surface area contributed by atoms with Gasteiger partial charge in [-0.25, -0.2) is 0 Å². The van der Waals surface area contributed by atoms with E-state index < -0.39 is 4.92 Å². The molecule has 0 radical (unpaired) electrons. The summed E-state index contributed by atoms with van der Waals surface area (Å²) in [5.74, 6) is -0.261. The first kappa shape index (κ1) is 18.2. The molecule has 0 spiro atoms. The van der Waals surface area contributed by atoms with E-state index in [1.807, 2.05) is 20.8 Å². The van der Waals surface area contributed by atoms with E-state index in [4.69, 9.17) is 11.6 Å². The Morgan fingerprint density at radius 2 is 2.08 bits per heavy atom. The zero-order valence-electron chi connectivity index (χ0n) is 13.5. The monoisotopic (exact) mass is 364 g/mol. The molecular formula is C17H17ClN2O3S. The van der Waals surface area contributed by atoms with Crippen LogP contribution in [0.1, 0.15) is 33.8 Å². The number of nitrogens with zero attached hydrogens (tertiary/aromatic N) is 1. The van der Waals surface area contributed by atoms with Gasteiger partial charge in [-0.2, -0.15) is 0 Å². The van der Waals surface area contributed by atoms with Crippen LogP contribution in [-0.4, -0.2) is 10.8 Å². The number of thiophene rings is 1. The van der Waals surface area contributed by atoms with Gasteiger partial charge in [-0.1, -0.05) is 17.7 Å². The van der Waals surface area contributed by atoms with Crippen LogP contribution in [0.4, 0.5) is 5.69 Å². The number of amides is 1. The minimum absolute atomic E-state index is 0.0681. The highest BCUT2D eigenvalue weighted by Gasteiger charge is 2.13. The molecular weight excluding hydrogens is 348 g/mol. The van der Waals surface area contributed by atoms with E-state index in [2.05, 4.69) is 11.4 Å². The van der Waals surface area contributed by atoms with Crippen molar-refractivity contribution < 1.29 is 9.72 Å². The van der Waals surface area contributed by atoms with Gasteiger partial charge in [0.2, 0.25) is 5.91 Å². The number of carbonyl (C=O) groups excluding carboxylic acids is 1. The van der Waals surface area contributed by atoms with Gasteiger partial charge in [-0.15, -0.1) is 11.3 Å². The highest BCUT2D eigenvalue weighted by molar-refractivity contribution is 7.12. The van der Waals surface area contributed by atoms with Crippen LogP contribution in [0.5, 0.6) is 0 Å². The number of hydrogen-bond acceptors (Lipinski definition) is 4. The number of nitrogens with one attached hydrogen (secondary N) is 1. The standard InChI is InChI=1S/C17H17ClN2O3S/c1-10-8-14(12(3)24-10)11(2)19-17(21)7-5-13-4-6-15(18)16(9-13)20(22)23/h4-9,11H,1-3H3,(H,19,21)/b7-5+. The van der Waals surface area contributed by atoms with Gasteiger partial charge < -0.3 is 5.32 Å². The van der Waals surface area contributed by atoms with Gasteiger partial charge in [0.25, 0.3) is 5.69 Å². The number of benzene rings is 1. The predicted molar refractivity (Wildman–Crippen MR) is 97.5 cm³/mol. The molecule has 0 bridgehead atoms. The van der Waals surface area contributed by atoms with Gasteiger partial charge in [0, 0.05) is 21.9 Å². The van der Waals surface area contributed by atoms with Crippen molar-refractivity contribution in [2.75, 3.05) is 0 Å². The zero-order chi connectivity index (χ0) is 17.9. The molecule has 1 aromatic carbocycles. The average molecular weight is 365 g/mol. The molecule has 0 saturated heterocycles. The molecule has 24 heavy (non-hydrogen) atoms. The average Bonchev–Trinajstić information content (AvgIpc) is 2.85. The second-order valence-corrected chi connectivity index (χ2v) is 7.27. The van der Waals surface area contributed by atoms with Crippen molar-refractivity contribution in [2.24, 2.45) is 0 Å². The Hall–Kier alpha value is -2.18. The van der Waals surface area contributed by atoms with E-state index in [1.54, 1.807) is 17.4 Å². The summed E-state index contributed by atoms with van der Waals surface area (Å²) < 4.78 is 0. The Balaban J connectivity index is 2.06. The molecule has 7 heteroatoms. The van der Waals surface area contributed by atoms with Gasteiger partial charge >= 0.3 is 0 Å². The van der Waals surface area contributed by atoms with Crippen molar-refractivity contribution in [3.63, 3.8) is 0 Å². The van der Waals surface area contributed by atoms with Crippen LogP contribution in [0.3, 0.4) is 0 Å². The van der Waals surface area contributed by atoms with Crippen molar-refractivity contribution in [3.8, 4) is 0 Å². The quantitative estimate of drug-likeness (QED) is 0.469. The SMILES string of the molecule is Cc1cc(C(C)NC(=O)/C=C/c2ccc(Cl)c([N+](=O)[O-])c2)c(C)s1. The first-order valence-corrected chi connectivity index (χ1v) is 8.47. The smallest absolute Gasteiger partial charge is 0.288 e. The molecule has 0 aliphatic carbocycles. The van der Waals surface area contributed by atoms with E-state index >= 15 is 0 Å². The molecule has 2 aromatic rings. The molecule has 1 N–H and O–H groups in total. The maximum Gasteiger partial charge on any atom is 0.288 e. The second kappa shape index (κ2) is 7.59. The molecule has 0 fully saturated rings. The molecule has 1 aromatic heterocycles. The van der Waals surface area contributed by atoms with Gasteiger partial charge in [-0.3, -0.25) is 14.9 Å². The Bertz CT molecular complexity index is 814. The lowest BCUT2D eigenvalue weighted by Gasteiger charge is -2.12. The van der Waals surface area contributed by atoms with E-state index in [0.29, 0.717) is 5.56 Å². The fourth-order valence-electron chi connectivity index (χ4n) is 2.36. The molecule has 1 heterocycles. The summed E-state index contributed by atoms with van der Waals surface area (Å²) in [6.07, 6.45) is 2.88. The number of aryl methyl sites for hydroxylation is 2. The molecule has 1 amide bonds. The minimum atomic E-state index is -0.552. The van der Waals surface area contributed by atoms with Crippen molar-refractivity contribution in [2.45, 2.75) is 26.8 Å². The summed E-state index contributed by atoms with van der Waals surface area (Å²) in [4.78, 5) is 24.7. The van der Waals surface area contributed by atoms with Crippen molar-refractivity contribution in [3.05, 3.63) is 66.4 Å². The largest absolute Gasteiger partial charge is 0.346 e. The summed E-state index contributed by atoms with van der Waals surface area (Å²) in [6.45, 7) is 5.98. The fraction of sp³-hybridized carbons (Fsp3) is 0.235. The van der Waals surface area contributed by atoms with Gasteiger partial charge in [0.1, 0.15) is 5.02 Å². The molecule has 1 atom stereocenters. The lowest BCUT2D eigenvalue weighted by atomic mass is 10.1. The third-order valence-corrected chi connectivity index (χ3v) is 4.80. The first-order chi connectivity index (χ1) is 11.3. The normalized spacial score (nSPS) is 12.3.